The zero-order valence-electron chi connectivity index (χ0n) is 21.0. The largest absolute Gasteiger partial charge is 0.467 e. The molecule has 2 aromatic carbocycles. The molecule has 2 aliphatic rings. The van der Waals surface area contributed by atoms with Crippen LogP contribution in [0.5, 0.6) is 0 Å². The highest BCUT2D eigenvalue weighted by molar-refractivity contribution is 8.15. The molecule has 3 amide bonds. The summed E-state index contributed by atoms with van der Waals surface area (Å²) >= 11 is 1.22. The molecule has 0 saturated heterocycles. The van der Waals surface area contributed by atoms with Crippen molar-refractivity contribution in [3.63, 3.8) is 0 Å². The van der Waals surface area contributed by atoms with E-state index < -0.39 is 11.3 Å². The van der Waals surface area contributed by atoms with Gasteiger partial charge in [-0.2, -0.15) is 0 Å². The van der Waals surface area contributed by atoms with Gasteiger partial charge in [0.1, 0.15) is 17.6 Å². The number of furan rings is 1. The molecule has 10 heteroatoms. The summed E-state index contributed by atoms with van der Waals surface area (Å²) in [4.78, 5) is 50.1. The second-order valence-electron chi connectivity index (χ2n) is 8.99. The lowest BCUT2D eigenvalue weighted by Gasteiger charge is -2.27. The zero-order chi connectivity index (χ0) is 26.6. The van der Waals surface area contributed by atoms with E-state index >= 15 is 0 Å². The van der Waals surface area contributed by atoms with Crippen molar-refractivity contribution in [2.75, 3.05) is 5.32 Å². The van der Waals surface area contributed by atoms with Crippen molar-refractivity contribution in [2.24, 2.45) is 9.98 Å². The van der Waals surface area contributed by atoms with Gasteiger partial charge in [0.25, 0.3) is 5.91 Å². The fraction of sp³-hybridized carbons (Fsp3) is 0.250. The Morgan fingerprint density at radius 1 is 1.13 bits per heavy atom. The zero-order valence-corrected chi connectivity index (χ0v) is 21.8. The third kappa shape index (κ3) is 5.40. The molecule has 38 heavy (non-hydrogen) atoms. The molecule has 0 radical (unpaired) electrons. The number of carbonyl (C=O) groups is 3. The van der Waals surface area contributed by atoms with Crippen LogP contribution in [-0.2, 0) is 20.9 Å². The first kappa shape index (κ1) is 25.5. The van der Waals surface area contributed by atoms with Crippen molar-refractivity contribution >= 4 is 51.9 Å². The second-order valence-corrected chi connectivity index (χ2v) is 10.2. The Kier molecular flexibility index (Phi) is 7.41. The molecule has 0 unspecified atom stereocenters. The number of anilines is 1. The van der Waals surface area contributed by atoms with Crippen LogP contribution in [0.15, 0.2) is 81.3 Å². The maximum absolute atomic E-state index is 13.5. The van der Waals surface area contributed by atoms with Crippen LogP contribution in [0.2, 0.25) is 0 Å². The Bertz CT molecular complexity index is 1430. The Labute approximate surface area is 224 Å². The van der Waals surface area contributed by atoms with Crippen LogP contribution in [0.4, 0.5) is 11.4 Å². The number of nitrogens with one attached hydrogen (secondary N) is 2. The predicted molar refractivity (Wildman–Crippen MR) is 147 cm³/mol. The predicted octanol–water partition coefficient (Wildman–Crippen LogP) is 4.40. The first-order valence-electron chi connectivity index (χ1n) is 12.4. The summed E-state index contributed by atoms with van der Waals surface area (Å²) in [5, 5.41) is 5.61. The summed E-state index contributed by atoms with van der Waals surface area (Å²) in [5.41, 5.74) is 3.13. The van der Waals surface area contributed by atoms with Crippen LogP contribution < -0.4 is 10.6 Å². The third-order valence-corrected chi connectivity index (χ3v) is 7.48. The molecule has 194 valence electrons. The van der Waals surface area contributed by atoms with Crippen LogP contribution in [0.1, 0.15) is 36.7 Å². The molecule has 3 heterocycles. The maximum atomic E-state index is 13.5. The lowest BCUT2D eigenvalue weighted by molar-refractivity contribution is -0.128. The van der Waals surface area contributed by atoms with Gasteiger partial charge in [0.15, 0.2) is 5.17 Å². The van der Waals surface area contributed by atoms with Crippen LogP contribution in [-0.4, -0.2) is 44.9 Å². The lowest BCUT2D eigenvalue weighted by Crippen LogP contribution is -2.43. The number of amides is 3. The number of benzene rings is 2. The van der Waals surface area contributed by atoms with Crippen molar-refractivity contribution in [1.29, 1.82) is 0 Å². The number of para-hydroxylation sites is 1. The Morgan fingerprint density at radius 2 is 1.97 bits per heavy atom. The standard InChI is InChI=1S/C28H27N5O4S/c1-3-23(26(35)30-18-9-6-8-17(2)14-18)38-28-32-21-12-5-4-11-20(21)25-31-22(27(36)33(25)28)15-24(34)29-16-19-10-7-13-37-19/h4-14,22-23H,3,15-16H2,1-2H3,(H,29,34)(H,30,35)/t22-,23-/m1/s1. The Hall–Kier alpha value is -4.18. The number of carbonyl (C=O) groups excluding carboxylic acids is 3. The van der Waals surface area contributed by atoms with Crippen molar-refractivity contribution in [3.8, 4) is 0 Å². The highest BCUT2D eigenvalue weighted by Crippen LogP contribution is 2.35. The van der Waals surface area contributed by atoms with Crippen molar-refractivity contribution in [2.45, 2.75) is 44.5 Å². The first-order chi connectivity index (χ1) is 18.4. The minimum atomic E-state index is -0.889. The molecular weight excluding hydrogens is 502 g/mol. The number of hydrogen-bond acceptors (Lipinski definition) is 7. The number of nitrogens with zero attached hydrogens (tertiary/aromatic N) is 3. The molecule has 0 aliphatic carbocycles. The van der Waals surface area contributed by atoms with E-state index in [4.69, 9.17) is 9.41 Å². The average molecular weight is 530 g/mol. The summed E-state index contributed by atoms with van der Waals surface area (Å²) in [7, 11) is 0. The monoisotopic (exact) mass is 529 g/mol. The van der Waals surface area contributed by atoms with E-state index in [-0.39, 0.29) is 30.7 Å². The third-order valence-electron chi connectivity index (χ3n) is 6.16. The summed E-state index contributed by atoms with van der Waals surface area (Å²) < 4.78 is 5.25. The van der Waals surface area contributed by atoms with Gasteiger partial charge < -0.3 is 15.1 Å². The quantitative estimate of drug-likeness (QED) is 0.449. The van der Waals surface area contributed by atoms with Gasteiger partial charge in [0, 0.05) is 11.3 Å². The topological polar surface area (TPSA) is 116 Å². The number of hydrogen-bond donors (Lipinski definition) is 2. The number of amidine groups is 2. The molecule has 0 spiro atoms. The molecule has 2 aliphatic heterocycles. The smallest absolute Gasteiger partial charge is 0.259 e. The fourth-order valence-corrected chi connectivity index (χ4v) is 5.28. The number of thioether (sulfide) groups is 1. The summed E-state index contributed by atoms with van der Waals surface area (Å²) in [6, 6.07) is 17.6. The highest BCUT2D eigenvalue weighted by Gasteiger charge is 2.43. The minimum absolute atomic E-state index is 0.106. The van der Waals surface area contributed by atoms with Gasteiger partial charge in [-0.1, -0.05) is 43.0 Å². The first-order valence-corrected chi connectivity index (χ1v) is 13.2. The van der Waals surface area contributed by atoms with Gasteiger partial charge in [0.05, 0.1) is 30.2 Å². The molecule has 3 aromatic rings. The molecule has 5 rings (SSSR count). The fourth-order valence-electron chi connectivity index (χ4n) is 4.26. The molecule has 0 saturated carbocycles. The molecular formula is C28H27N5O4S. The molecule has 0 fully saturated rings. The van der Waals surface area contributed by atoms with E-state index in [2.05, 4.69) is 15.6 Å². The normalized spacial score (nSPS) is 16.7. The lowest BCUT2D eigenvalue weighted by atomic mass is 10.1. The van der Waals surface area contributed by atoms with E-state index in [1.165, 1.54) is 22.9 Å². The summed E-state index contributed by atoms with van der Waals surface area (Å²) in [6.07, 6.45) is 1.95. The van der Waals surface area contributed by atoms with E-state index in [9.17, 15) is 14.4 Å². The molecule has 2 N–H and O–H groups in total. The number of fused-ring (bicyclic) bond motifs is 3. The second kappa shape index (κ2) is 11.1. The molecule has 2 atom stereocenters. The van der Waals surface area contributed by atoms with Crippen LogP contribution >= 0.6 is 11.8 Å². The van der Waals surface area contributed by atoms with Crippen molar-refractivity contribution < 1.29 is 18.8 Å². The van der Waals surface area contributed by atoms with Gasteiger partial charge >= 0.3 is 0 Å². The van der Waals surface area contributed by atoms with E-state index in [1.807, 2.05) is 62.4 Å². The van der Waals surface area contributed by atoms with Crippen molar-refractivity contribution in [3.05, 3.63) is 83.8 Å². The SMILES string of the molecule is CC[C@@H](SC1=Nc2ccccc2C2=N[C@H](CC(=O)NCc3ccco3)C(=O)N12)C(=O)Nc1cccc(C)c1. The van der Waals surface area contributed by atoms with E-state index in [0.717, 1.165) is 5.56 Å². The van der Waals surface area contributed by atoms with Crippen LogP contribution in [0.3, 0.4) is 0 Å². The van der Waals surface area contributed by atoms with Gasteiger partial charge in [-0.15, -0.1) is 0 Å². The number of rotatable bonds is 8. The van der Waals surface area contributed by atoms with Gasteiger partial charge in [-0.25, -0.2) is 9.89 Å². The van der Waals surface area contributed by atoms with Gasteiger partial charge in [0.2, 0.25) is 11.8 Å². The number of aliphatic imine (C=N–C) groups is 2. The Morgan fingerprint density at radius 3 is 2.74 bits per heavy atom. The number of aryl methyl sites for hydroxylation is 1. The summed E-state index contributed by atoms with van der Waals surface area (Å²) in [5.74, 6) is 0.230. The molecule has 9 nitrogen and oxygen atoms in total. The Balaban J connectivity index is 1.35. The van der Waals surface area contributed by atoms with E-state index in [0.29, 0.717) is 40.1 Å². The van der Waals surface area contributed by atoms with Gasteiger partial charge in [-0.05, 0) is 55.3 Å². The minimum Gasteiger partial charge on any atom is -0.467 e. The highest BCUT2D eigenvalue weighted by atomic mass is 32.2. The van der Waals surface area contributed by atoms with Crippen LogP contribution in [0.25, 0.3) is 0 Å². The maximum Gasteiger partial charge on any atom is 0.259 e. The molecule has 0 bridgehead atoms. The average Bonchev–Trinajstić information content (AvgIpc) is 3.54. The van der Waals surface area contributed by atoms with Gasteiger partial charge in [-0.3, -0.25) is 19.4 Å². The van der Waals surface area contributed by atoms with Crippen LogP contribution in [0, 0.1) is 6.92 Å². The van der Waals surface area contributed by atoms with E-state index in [1.54, 1.807) is 12.1 Å². The summed E-state index contributed by atoms with van der Waals surface area (Å²) in [6.45, 7) is 4.11. The molecule has 1 aromatic heterocycles. The van der Waals surface area contributed by atoms with Crippen molar-refractivity contribution in [1.82, 2.24) is 10.2 Å².